The van der Waals surface area contributed by atoms with Crippen LogP contribution in [0.1, 0.15) is 43.7 Å². The van der Waals surface area contributed by atoms with Crippen LogP contribution in [0, 0.1) is 6.92 Å². The predicted molar refractivity (Wildman–Crippen MR) is 174 cm³/mol. The Bertz CT molecular complexity index is 1390. The second-order valence-electron chi connectivity index (χ2n) is 10.6. The predicted octanol–water partition coefficient (Wildman–Crippen LogP) is 7.53. The van der Waals surface area contributed by atoms with Crippen molar-refractivity contribution in [2.24, 2.45) is 0 Å². The number of carbonyl (C=O) groups is 1. The van der Waals surface area contributed by atoms with Crippen molar-refractivity contribution in [3.05, 3.63) is 82.9 Å². The number of rotatable bonds is 11. The zero-order chi connectivity index (χ0) is 29.4. The third kappa shape index (κ3) is 9.80. The number of amides is 2. The van der Waals surface area contributed by atoms with Crippen molar-refractivity contribution in [1.29, 1.82) is 0 Å². The van der Waals surface area contributed by atoms with Gasteiger partial charge in [-0.3, -0.25) is 9.62 Å². The first kappa shape index (κ1) is 33.5. The number of ether oxygens (including phenoxy) is 1. The average molecular weight is 636 g/mol. The van der Waals surface area contributed by atoms with Crippen molar-refractivity contribution < 1.29 is 17.9 Å². The lowest BCUT2D eigenvalue weighted by Gasteiger charge is -2.38. The molecule has 3 aromatic carbocycles. The number of nitrogens with one attached hydrogen (secondary N) is 2. The molecule has 0 unspecified atom stereocenters. The van der Waals surface area contributed by atoms with Crippen LogP contribution in [0.3, 0.4) is 0 Å². The highest BCUT2D eigenvalue weighted by Gasteiger charge is 2.28. The van der Waals surface area contributed by atoms with Gasteiger partial charge in [0.1, 0.15) is 11.5 Å². The van der Waals surface area contributed by atoms with Gasteiger partial charge in [0, 0.05) is 37.9 Å². The number of unbranched alkanes of at least 4 members (excludes halogenated alkanes) is 1. The summed E-state index contributed by atoms with van der Waals surface area (Å²) in [6, 6.07) is 20.6. The fourth-order valence-electron chi connectivity index (χ4n) is 5.00. The van der Waals surface area contributed by atoms with Gasteiger partial charge in [0.2, 0.25) is 10.0 Å². The van der Waals surface area contributed by atoms with Crippen LogP contribution in [0.2, 0.25) is 5.02 Å². The minimum Gasteiger partial charge on any atom is -0.457 e. The number of benzene rings is 3. The Balaban J connectivity index is 0.00000484. The molecular weight excluding hydrogens is 595 g/mol. The quantitative estimate of drug-likeness (QED) is 0.227. The summed E-state index contributed by atoms with van der Waals surface area (Å²) >= 11 is 6.37. The summed E-state index contributed by atoms with van der Waals surface area (Å²) in [7, 11) is -3.32. The number of piperidine rings is 1. The van der Waals surface area contributed by atoms with E-state index in [1.807, 2.05) is 36.1 Å². The Morgan fingerprint density at radius 3 is 2.21 bits per heavy atom. The van der Waals surface area contributed by atoms with Gasteiger partial charge in [-0.25, -0.2) is 13.2 Å². The summed E-state index contributed by atoms with van der Waals surface area (Å²) in [6.07, 6.45) is 4.95. The molecule has 11 heteroatoms. The summed E-state index contributed by atoms with van der Waals surface area (Å²) in [6.45, 7) is 7.49. The Morgan fingerprint density at radius 2 is 1.64 bits per heavy atom. The van der Waals surface area contributed by atoms with Gasteiger partial charge in [-0.15, -0.1) is 12.4 Å². The van der Waals surface area contributed by atoms with Crippen LogP contribution < -0.4 is 14.8 Å². The van der Waals surface area contributed by atoms with Crippen LogP contribution >= 0.6 is 24.0 Å². The average Bonchev–Trinajstić information content (AvgIpc) is 2.93. The van der Waals surface area contributed by atoms with Gasteiger partial charge in [-0.05, 0) is 79.8 Å². The summed E-state index contributed by atoms with van der Waals surface area (Å²) in [5.41, 5.74) is 3.32. The van der Waals surface area contributed by atoms with E-state index < -0.39 is 10.0 Å². The molecule has 0 radical (unpaired) electrons. The number of sulfonamides is 1. The van der Waals surface area contributed by atoms with Gasteiger partial charge in [0.15, 0.2) is 0 Å². The van der Waals surface area contributed by atoms with Crippen molar-refractivity contribution in [3.8, 4) is 11.5 Å². The fraction of sp³-hybridized carbons (Fsp3) is 0.387. The van der Waals surface area contributed by atoms with Gasteiger partial charge in [0.05, 0.1) is 17.0 Å². The zero-order valence-corrected chi connectivity index (χ0v) is 26.7. The highest BCUT2D eigenvalue weighted by molar-refractivity contribution is 7.92. The lowest BCUT2D eigenvalue weighted by atomic mass is 10.0. The Hall–Kier alpha value is -2.98. The molecule has 0 aromatic heterocycles. The molecule has 0 bridgehead atoms. The van der Waals surface area contributed by atoms with Crippen LogP contribution in [0.25, 0.3) is 0 Å². The zero-order valence-electron chi connectivity index (χ0n) is 24.3. The molecule has 1 aliphatic heterocycles. The molecule has 2 N–H and O–H groups in total. The van der Waals surface area contributed by atoms with E-state index in [0.717, 1.165) is 63.7 Å². The molecule has 2 amide bonds. The Kier molecular flexibility index (Phi) is 12.4. The number of nitrogens with zero attached hydrogens (tertiary/aromatic N) is 2. The first-order valence-electron chi connectivity index (χ1n) is 14.0. The van der Waals surface area contributed by atoms with E-state index in [-0.39, 0.29) is 24.5 Å². The van der Waals surface area contributed by atoms with E-state index in [1.54, 1.807) is 30.3 Å². The van der Waals surface area contributed by atoms with Crippen LogP contribution in [0.5, 0.6) is 11.5 Å². The highest BCUT2D eigenvalue weighted by Crippen LogP contribution is 2.28. The molecular formula is C31H40Cl2N4O4S. The minimum absolute atomic E-state index is 0. The maximum Gasteiger partial charge on any atom is 0.322 e. The number of para-hydroxylation sites is 1. The second-order valence-corrected chi connectivity index (χ2v) is 12.7. The maximum atomic E-state index is 13.3. The van der Waals surface area contributed by atoms with Crippen molar-refractivity contribution in [2.75, 3.05) is 35.9 Å². The van der Waals surface area contributed by atoms with Crippen molar-refractivity contribution in [1.82, 2.24) is 9.80 Å². The number of carbonyl (C=O) groups excluding carboxylic acids is 1. The molecule has 228 valence electrons. The Morgan fingerprint density at radius 1 is 1.02 bits per heavy atom. The van der Waals surface area contributed by atoms with Gasteiger partial charge in [0.25, 0.3) is 0 Å². The normalized spacial score (nSPS) is 14.1. The van der Waals surface area contributed by atoms with Crippen LogP contribution in [0.15, 0.2) is 66.7 Å². The SMILES string of the molecule is CCCCN(C(=O)Nc1c(C)cccc1Cl)C1CCN(Cc2ccc(Oc3ccc(NS(C)(=O)=O)cc3)cc2)CC1.Cl. The molecule has 0 atom stereocenters. The van der Waals surface area contributed by atoms with Crippen LogP contribution in [0.4, 0.5) is 16.2 Å². The minimum atomic E-state index is -3.32. The lowest BCUT2D eigenvalue weighted by molar-refractivity contribution is 0.122. The molecule has 0 saturated carbocycles. The highest BCUT2D eigenvalue weighted by atomic mass is 35.5. The van der Waals surface area contributed by atoms with Crippen molar-refractivity contribution in [2.45, 2.75) is 52.1 Å². The van der Waals surface area contributed by atoms with Gasteiger partial charge in [-0.2, -0.15) is 0 Å². The number of hydrogen-bond donors (Lipinski definition) is 2. The number of likely N-dealkylation sites (tertiary alicyclic amines) is 1. The third-order valence-corrected chi connectivity index (χ3v) is 8.11. The molecule has 1 heterocycles. The van der Waals surface area contributed by atoms with Crippen molar-refractivity contribution >= 4 is 51.4 Å². The molecule has 3 aromatic rings. The second kappa shape index (κ2) is 15.5. The van der Waals surface area contributed by atoms with E-state index in [0.29, 0.717) is 27.9 Å². The molecule has 4 rings (SSSR count). The first-order valence-corrected chi connectivity index (χ1v) is 16.3. The lowest BCUT2D eigenvalue weighted by Crippen LogP contribution is -2.49. The van der Waals surface area contributed by atoms with E-state index in [4.69, 9.17) is 16.3 Å². The third-order valence-electron chi connectivity index (χ3n) is 7.19. The van der Waals surface area contributed by atoms with E-state index in [2.05, 4.69) is 34.0 Å². The first-order chi connectivity index (χ1) is 19.6. The standard InChI is InChI=1S/C31H39ClN4O4S.ClH/c1-4-5-19-36(31(37)33-30-23(2)7-6-8-29(30)32)26-17-20-35(21-18-26)22-24-9-13-27(14-10-24)40-28-15-11-25(12-16-28)34-41(3,38)39;/h6-16,26,34H,4-5,17-22H2,1-3H3,(H,33,37);1H. The van der Waals surface area contributed by atoms with Crippen LogP contribution in [-0.2, 0) is 16.6 Å². The molecule has 0 spiro atoms. The number of halogens is 2. The number of hydrogen-bond acceptors (Lipinski definition) is 5. The van der Waals surface area contributed by atoms with Gasteiger partial charge >= 0.3 is 6.03 Å². The van der Waals surface area contributed by atoms with Gasteiger partial charge in [-0.1, -0.05) is 49.2 Å². The maximum absolute atomic E-state index is 13.3. The summed E-state index contributed by atoms with van der Waals surface area (Å²) in [4.78, 5) is 17.8. The van der Waals surface area contributed by atoms with E-state index in [1.165, 1.54) is 5.56 Å². The molecule has 1 aliphatic rings. The summed E-state index contributed by atoms with van der Waals surface area (Å²) in [5, 5.41) is 3.63. The van der Waals surface area contributed by atoms with Crippen LogP contribution in [-0.4, -0.2) is 56.2 Å². The van der Waals surface area contributed by atoms with Crippen molar-refractivity contribution in [3.63, 3.8) is 0 Å². The summed E-state index contributed by atoms with van der Waals surface area (Å²) < 4.78 is 31.1. The number of anilines is 2. The van der Waals surface area contributed by atoms with E-state index >= 15 is 0 Å². The van der Waals surface area contributed by atoms with Gasteiger partial charge < -0.3 is 15.0 Å². The Labute approximate surface area is 260 Å². The number of aryl methyl sites for hydroxylation is 1. The number of urea groups is 1. The van der Waals surface area contributed by atoms with E-state index in [9.17, 15) is 13.2 Å². The molecule has 1 saturated heterocycles. The summed E-state index contributed by atoms with van der Waals surface area (Å²) in [5.74, 6) is 1.34. The molecule has 1 fully saturated rings. The molecule has 42 heavy (non-hydrogen) atoms. The molecule has 8 nitrogen and oxygen atoms in total. The fourth-order valence-corrected chi connectivity index (χ4v) is 5.83. The smallest absolute Gasteiger partial charge is 0.322 e. The largest absolute Gasteiger partial charge is 0.457 e. The molecule has 0 aliphatic carbocycles. The topological polar surface area (TPSA) is 91.0 Å². The monoisotopic (exact) mass is 634 g/mol.